The SMILES string of the molecule is CNCC1CCCN(C(=O)c2ccc(OC3CCCC3)c(OC)c2)C1. The molecule has 2 aliphatic rings. The van der Waals surface area contributed by atoms with Gasteiger partial charge in [0.1, 0.15) is 0 Å². The minimum Gasteiger partial charge on any atom is -0.493 e. The molecule has 1 N–H and O–H groups in total. The number of nitrogens with one attached hydrogen (secondary N) is 1. The minimum atomic E-state index is 0.0894. The fourth-order valence-electron chi connectivity index (χ4n) is 3.97. The first-order valence-corrected chi connectivity index (χ1v) is 9.50. The third-order valence-corrected chi connectivity index (χ3v) is 5.31. The van der Waals surface area contributed by atoms with Crippen molar-refractivity contribution in [3.8, 4) is 11.5 Å². The molecule has 0 aromatic heterocycles. The first-order valence-electron chi connectivity index (χ1n) is 9.50. The van der Waals surface area contributed by atoms with E-state index in [-0.39, 0.29) is 12.0 Å². The van der Waals surface area contributed by atoms with Crippen LogP contribution in [-0.2, 0) is 0 Å². The Morgan fingerprint density at radius 1 is 1.20 bits per heavy atom. The van der Waals surface area contributed by atoms with Crippen LogP contribution in [0.15, 0.2) is 18.2 Å². The lowest BCUT2D eigenvalue weighted by Gasteiger charge is -2.33. The Kier molecular flexibility index (Phi) is 6.19. The molecular weight excluding hydrogens is 316 g/mol. The van der Waals surface area contributed by atoms with Crippen LogP contribution in [0, 0.1) is 5.92 Å². The molecule has 25 heavy (non-hydrogen) atoms. The van der Waals surface area contributed by atoms with E-state index in [2.05, 4.69) is 5.32 Å². The third kappa shape index (κ3) is 4.46. The molecule has 5 nitrogen and oxygen atoms in total. The molecule has 1 saturated heterocycles. The molecule has 1 aromatic rings. The highest BCUT2D eigenvalue weighted by molar-refractivity contribution is 5.95. The number of piperidine rings is 1. The van der Waals surface area contributed by atoms with Gasteiger partial charge in [0.15, 0.2) is 11.5 Å². The second-order valence-corrected chi connectivity index (χ2v) is 7.21. The van der Waals surface area contributed by atoms with Crippen LogP contribution >= 0.6 is 0 Å². The van der Waals surface area contributed by atoms with Crippen molar-refractivity contribution in [2.45, 2.75) is 44.6 Å². The summed E-state index contributed by atoms with van der Waals surface area (Å²) in [6.07, 6.45) is 7.19. The first kappa shape index (κ1) is 18.1. The highest BCUT2D eigenvalue weighted by Gasteiger charge is 2.25. The van der Waals surface area contributed by atoms with E-state index in [1.165, 1.54) is 19.3 Å². The number of ether oxygens (including phenoxy) is 2. The van der Waals surface area contributed by atoms with E-state index < -0.39 is 0 Å². The van der Waals surface area contributed by atoms with Crippen molar-refractivity contribution in [3.63, 3.8) is 0 Å². The molecule has 5 heteroatoms. The number of carbonyl (C=O) groups is 1. The van der Waals surface area contributed by atoms with E-state index in [9.17, 15) is 4.79 Å². The fraction of sp³-hybridized carbons (Fsp3) is 0.650. The number of likely N-dealkylation sites (tertiary alicyclic amines) is 1. The summed E-state index contributed by atoms with van der Waals surface area (Å²) in [6.45, 7) is 2.62. The lowest BCUT2D eigenvalue weighted by atomic mass is 9.97. The fourth-order valence-corrected chi connectivity index (χ4v) is 3.97. The molecule has 1 saturated carbocycles. The number of rotatable bonds is 6. The maximum Gasteiger partial charge on any atom is 0.254 e. The van der Waals surface area contributed by atoms with Gasteiger partial charge in [-0.1, -0.05) is 0 Å². The van der Waals surface area contributed by atoms with E-state index in [4.69, 9.17) is 9.47 Å². The number of benzene rings is 1. The van der Waals surface area contributed by atoms with Crippen LogP contribution < -0.4 is 14.8 Å². The van der Waals surface area contributed by atoms with Gasteiger partial charge in [0, 0.05) is 18.7 Å². The second-order valence-electron chi connectivity index (χ2n) is 7.21. The molecule has 0 bridgehead atoms. The van der Waals surface area contributed by atoms with Crippen LogP contribution in [-0.4, -0.2) is 50.7 Å². The quantitative estimate of drug-likeness (QED) is 0.860. The molecule has 1 aliphatic heterocycles. The standard InChI is InChI=1S/C20H30N2O3/c1-21-13-15-6-5-11-22(14-15)20(23)16-9-10-18(19(12-16)24-2)25-17-7-3-4-8-17/h9-10,12,15,17,21H,3-8,11,13-14H2,1-2H3. The number of carbonyl (C=O) groups excluding carboxylic acids is 1. The van der Waals surface area contributed by atoms with E-state index in [0.717, 1.165) is 44.6 Å². The van der Waals surface area contributed by atoms with E-state index in [0.29, 0.717) is 17.2 Å². The van der Waals surface area contributed by atoms with Crippen LogP contribution in [0.4, 0.5) is 0 Å². The molecule has 3 rings (SSSR count). The van der Waals surface area contributed by atoms with Crippen molar-refractivity contribution in [2.24, 2.45) is 5.92 Å². The van der Waals surface area contributed by atoms with Crippen molar-refractivity contribution in [1.29, 1.82) is 0 Å². The van der Waals surface area contributed by atoms with Gasteiger partial charge in [0.2, 0.25) is 0 Å². The highest BCUT2D eigenvalue weighted by atomic mass is 16.5. The zero-order chi connectivity index (χ0) is 17.6. The number of hydrogen-bond acceptors (Lipinski definition) is 4. The molecule has 1 heterocycles. The van der Waals surface area contributed by atoms with Crippen LogP contribution in [0.2, 0.25) is 0 Å². The average Bonchev–Trinajstić information content (AvgIpc) is 3.15. The second kappa shape index (κ2) is 8.56. The van der Waals surface area contributed by atoms with Gasteiger partial charge in [-0.2, -0.15) is 0 Å². The topological polar surface area (TPSA) is 50.8 Å². The van der Waals surface area contributed by atoms with Gasteiger partial charge < -0.3 is 19.7 Å². The van der Waals surface area contributed by atoms with E-state index in [1.54, 1.807) is 7.11 Å². The highest BCUT2D eigenvalue weighted by Crippen LogP contribution is 2.33. The Morgan fingerprint density at radius 3 is 2.72 bits per heavy atom. The summed E-state index contributed by atoms with van der Waals surface area (Å²) in [5.74, 6) is 2.03. The lowest BCUT2D eigenvalue weighted by Crippen LogP contribution is -2.42. The van der Waals surface area contributed by atoms with Crippen LogP contribution in [0.5, 0.6) is 11.5 Å². The smallest absolute Gasteiger partial charge is 0.254 e. The van der Waals surface area contributed by atoms with E-state index in [1.807, 2.05) is 30.1 Å². The van der Waals surface area contributed by atoms with Gasteiger partial charge in [0.25, 0.3) is 5.91 Å². The monoisotopic (exact) mass is 346 g/mol. The molecule has 2 fully saturated rings. The summed E-state index contributed by atoms with van der Waals surface area (Å²) < 4.78 is 11.6. The molecule has 0 radical (unpaired) electrons. The van der Waals surface area contributed by atoms with Gasteiger partial charge in [-0.15, -0.1) is 0 Å². The Hall–Kier alpha value is -1.75. The molecule has 1 aromatic carbocycles. The largest absolute Gasteiger partial charge is 0.493 e. The summed E-state index contributed by atoms with van der Waals surface area (Å²) in [7, 11) is 3.60. The predicted octanol–water partition coefficient (Wildman–Crippen LogP) is 3.09. The van der Waals surface area contributed by atoms with Gasteiger partial charge >= 0.3 is 0 Å². The molecule has 1 aliphatic carbocycles. The van der Waals surface area contributed by atoms with Gasteiger partial charge in [-0.25, -0.2) is 0 Å². The van der Waals surface area contributed by atoms with Crippen LogP contribution in [0.25, 0.3) is 0 Å². The Bertz CT molecular complexity index is 582. The Labute approximate surface area is 150 Å². The Morgan fingerprint density at radius 2 is 2.00 bits per heavy atom. The van der Waals surface area contributed by atoms with Gasteiger partial charge in [-0.05, 0) is 76.2 Å². The zero-order valence-corrected chi connectivity index (χ0v) is 15.4. The molecular formula is C20H30N2O3. The predicted molar refractivity (Wildman–Crippen MR) is 98.4 cm³/mol. The number of amides is 1. The lowest BCUT2D eigenvalue weighted by molar-refractivity contribution is 0.0674. The van der Waals surface area contributed by atoms with Crippen molar-refractivity contribution in [2.75, 3.05) is 33.8 Å². The number of methoxy groups -OCH3 is 1. The molecule has 1 amide bonds. The number of nitrogens with zero attached hydrogens (tertiary/aromatic N) is 1. The minimum absolute atomic E-state index is 0.0894. The van der Waals surface area contributed by atoms with Gasteiger partial charge in [-0.3, -0.25) is 4.79 Å². The molecule has 138 valence electrons. The summed E-state index contributed by atoms with van der Waals surface area (Å²) in [5.41, 5.74) is 0.681. The molecule has 0 spiro atoms. The van der Waals surface area contributed by atoms with Crippen molar-refractivity contribution in [1.82, 2.24) is 10.2 Å². The van der Waals surface area contributed by atoms with Crippen molar-refractivity contribution in [3.05, 3.63) is 23.8 Å². The maximum absolute atomic E-state index is 12.9. The average molecular weight is 346 g/mol. The zero-order valence-electron chi connectivity index (χ0n) is 15.4. The molecule has 1 unspecified atom stereocenters. The molecule has 1 atom stereocenters. The Balaban J connectivity index is 1.69. The normalized spacial score (nSPS) is 21.4. The van der Waals surface area contributed by atoms with Crippen molar-refractivity contribution >= 4 is 5.91 Å². The van der Waals surface area contributed by atoms with Gasteiger partial charge in [0.05, 0.1) is 13.2 Å². The van der Waals surface area contributed by atoms with E-state index >= 15 is 0 Å². The third-order valence-electron chi connectivity index (χ3n) is 5.31. The van der Waals surface area contributed by atoms with Crippen LogP contribution in [0.1, 0.15) is 48.9 Å². The summed E-state index contributed by atoms with van der Waals surface area (Å²) >= 11 is 0. The summed E-state index contributed by atoms with van der Waals surface area (Å²) in [5, 5.41) is 3.22. The summed E-state index contributed by atoms with van der Waals surface area (Å²) in [6, 6.07) is 5.59. The number of hydrogen-bond donors (Lipinski definition) is 1. The summed E-state index contributed by atoms with van der Waals surface area (Å²) in [4.78, 5) is 14.9. The van der Waals surface area contributed by atoms with Crippen molar-refractivity contribution < 1.29 is 14.3 Å². The maximum atomic E-state index is 12.9. The first-order chi connectivity index (χ1) is 12.2. The van der Waals surface area contributed by atoms with Crippen LogP contribution in [0.3, 0.4) is 0 Å².